The van der Waals surface area contributed by atoms with Gasteiger partial charge in [-0.25, -0.2) is 0 Å². The van der Waals surface area contributed by atoms with Gasteiger partial charge >= 0.3 is 0 Å². The van der Waals surface area contributed by atoms with Crippen molar-refractivity contribution in [3.63, 3.8) is 0 Å². The second-order valence-electron chi connectivity index (χ2n) is 7.74. The molecule has 1 amide bonds. The van der Waals surface area contributed by atoms with Crippen molar-refractivity contribution in [1.29, 1.82) is 0 Å². The minimum absolute atomic E-state index is 0.127. The summed E-state index contributed by atoms with van der Waals surface area (Å²) in [5, 5.41) is 9.58. The van der Waals surface area contributed by atoms with E-state index in [1.165, 1.54) is 22.9 Å². The van der Waals surface area contributed by atoms with E-state index in [-0.39, 0.29) is 5.91 Å². The molecule has 0 atom stereocenters. The van der Waals surface area contributed by atoms with Crippen molar-refractivity contribution in [2.24, 2.45) is 0 Å². The second-order valence-corrected chi connectivity index (χ2v) is 8.68. The van der Waals surface area contributed by atoms with Gasteiger partial charge in [0.15, 0.2) is 11.0 Å². The Hall–Kier alpha value is -3.45. The van der Waals surface area contributed by atoms with Gasteiger partial charge in [-0.1, -0.05) is 66.4 Å². The van der Waals surface area contributed by atoms with E-state index in [0.717, 1.165) is 35.1 Å². The smallest absolute Gasteiger partial charge is 0.233 e. The van der Waals surface area contributed by atoms with Crippen LogP contribution in [0.15, 0.2) is 84.3 Å². The Morgan fingerprint density at radius 1 is 0.938 bits per heavy atom. The van der Waals surface area contributed by atoms with Crippen molar-refractivity contribution >= 4 is 17.7 Å². The Morgan fingerprint density at radius 3 is 2.56 bits per heavy atom. The topological polar surface area (TPSA) is 63.9 Å². The van der Waals surface area contributed by atoms with Crippen molar-refractivity contribution in [3.05, 3.63) is 95.8 Å². The molecule has 0 radical (unpaired) electrons. The Labute approximate surface area is 191 Å². The first-order chi connectivity index (χ1) is 15.8. The van der Waals surface area contributed by atoms with Crippen LogP contribution >= 0.6 is 11.8 Å². The van der Waals surface area contributed by atoms with Crippen LogP contribution in [-0.2, 0) is 24.3 Å². The number of nitrogens with zero attached hydrogens (tertiary/aromatic N) is 5. The van der Waals surface area contributed by atoms with Gasteiger partial charge in [0.25, 0.3) is 0 Å². The third-order valence-corrected chi connectivity index (χ3v) is 6.58. The molecule has 6 nitrogen and oxygen atoms in total. The van der Waals surface area contributed by atoms with E-state index >= 15 is 0 Å². The molecule has 1 aliphatic heterocycles. The predicted molar refractivity (Wildman–Crippen MR) is 125 cm³/mol. The van der Waals surface area contributed by atoms with Crippen LogP contribution in [0.4, 0.5) is 0 Å². The summed E-state index contributed by atoms with van der Waals surface area (Å²) in [7, 11) is 0. The molecule has 0 saturated carbocycles. The number of amides is 1. The van der Waals surface area contributed by atoms with E-state index in [0.29, 0.717) is 18.8 Å². The molecule has 1 aliphatic rings. The van der Waals surface area contributed by atoms with Crippen molar-refractivity contribution < 1.29 is 4.79 Å². The molecular weight excluding hydrogens is 418 g/mol. The van der Waals surface area contributed by atoms with Crippen LogP contribution in [0.5, 0.6) is 0 Å². The summed E-state index contributed by atoms with van der Waals surface area (Å²) in [5.41, 5.74) is 4.64. The standard InChI is InChI=1S/C25H23N5OS/c31-23(29-14-12-20-9-4-5-10-22(20)17-29)18-32-25-28-27-24(21-11-6-13-26-15-21)30(25)16-19-7-2-1-3-8-19/h1-11,13,15H,12,14,16-18H2. The summed E-state index contributed by atoms with van der Waals surface area (Å²) < 4.78 is 2.07. The molecule has 5 rings (SSSR count). The summed E-state index contributed by atoms with van der Waals surface area (Å²) in [6, 6.07) is 22.4. The maximum Gasteiger partial charge on any atom is 0.233 e. The number of pyridine rings is 1. The largest absolute Gasteiger partial charge is 0.337 e. The van der Waals surface area contributed by atoms with Gasteiger partial charge in [-0.05, 0) is 35.2 Å². The fourth-order valence-electron chi connectivity index (χ4n) is 3.94. The second kappa shape index (κ2) is 9.36. The molecular formula is C25H23N5OS. The van der Waals surface area contributed by atoms with E-state index in [2.05, 4.69) is 50.1 Å². The summed E-state index contributed by atoms with van der Waals surface area (Å²) in [6.45, 7) is 2.06. The Balaban J connectivity index is 1.34. The van der Waals surface area contributed by atoms with E-state index in [1.54, 1.807) is 12.4 Å². The van der Waals surface area contributed by atoms with Crippen molar-refractivity contribution in [3.8, 4) is 11.4 Å². The molecule has 0 N–H and O–H groups in total. The van der Waals surface area contributed by atoms with Crippen molar-refractivity contribution in [1.82, 2.24) is 24.6 Å². The molecule has 2 aromatic carbocycles. The monoisotopic (exact) mass is 441 g/mol. The van der Waals surface area contributed by atoms with Gasteiger partial charge in [0.1, 0.15) is 0 Å². The highest BCUT2D eigenvalue weighted by molar-refractivity contribution is 7.99. The number of hydrogen-bond donors (Lipinski definition) is 0. The lowest BCUT2D eigenvalue weighted by Crippen LogP contribution is -2.37. The average Bonchev–Trinajstić information content (AvgIpc) is 3.25. The van der Waals surface area contributed by atoms with Gasteiger partial charge in [0, 0.05) is 31.0 Å². The lowest BCUT2D eigenvalue weighted by atomic mass is 10.00. The molecule has 4 aromatic rings. The number of hydrogen-bond acceptors (Lipinski definition) is 5. The first-order valence-corrected chi connectivity index (χ1v) is 11.6. The molecule has 2 aromatic heterocycles. The molecule has 0 unspecified atom stereocenters. The molecule has 32 heavy (non-hydrogen) atoms. The molecule has 3 heterocycles. The summed E-state index contributed by atoms with van der Waals surface area (Å²) in [4.78, 5) is 19.1. The van der Waals surface area contributed by atoms with E-state index in [9.17, 15) is 4.79 Å². The Morgan fingerprint density at radius 2 is 1.75 bits per heavy atom. The average molecular weight is 442 g/mol. The Kier molecular flexibility index (Phi) is 5.98. The SMILES string of the molecule is O=C(CSc1nnc(-c2cccnc2)n1Cc1ccccc1)N1CCc2ccccc2C1. The van der Waals surface area contributed by atoms with Crippen LogP contribution in [0.25, 0.3) is 11.4 Å². The number of benzene rings is 2. The number of rotatable bonds is 6. The highest BCUT2D eigenvalue weighted by Crippen LogP contribution is 2.26. The minimum Gasteiger partial charge on any atom is -0.337 e. The first kappa shape index (κ1) is 20.5. The summed E-state index contributed by atoms with van der Waals surface area (Å²) in [5.74, 6) is 1.22. The molecule has 0 aliphatic carbocycles. The first-order valence-electron chi connectivity index (χ1n) is 10.6. The quantitative estimate of drug-likeness (QED) is 0.422. The molecule has 160 valence electrons. The van der Waals surface area contributed by atoms with Crippen LogP contribution < -0.4 is 0 Å². The van der Waals surface area contributed by atoms with Crippen LogP contribution in [0.3, 0.4) is 0 Å². The predicted octanol–water partition coefficient (Wildman–Crippen LogP) is 4.07. The fourth-order valence-corrected chi connectivity index (χ4v) is 4.78. The van der Waals surface area contributed by atoms with Crippen LogP contribution in [0.2, 0.25) is 0 Å². The Bertz CT molecular complexity index is 1210. The lowest BCUT2D eigenvalue weighted by molar-refractivity contribution is -0.129. The maximum absolute atomic E-state index is 13.0. The van der Waals surface area contributed by atoms with Gasteiger partial charge in [-0.15, -0.1) is 10.2 Å². The van der Waals surface area contributed by atoms with Crippen LogP contribution in [0.1, 0.15) is 16.7 Å². The third kappa shape index (κ3) is 4.43. The highest BCUT2D eigenvalue weighted by atomic mass is 32.2. The number of fused-ring (bicyclic) bond motifs is 1. The minimum atomic E-state index is 0.127. The van der Waals surface area contributed by atoms with Gasteiger partial charge < -0.3 is 4.90 Å². The zero-order chi connectivity index (χ0) is 21.8. The highest BCUT2D eigenvalue weighted by Gasteiger charge is 2.22. The van der Waals surface area contributed by atoms with Gasteiger partial charge in [0.05, 0.1) is 12.3 Å². The fraction of sp³-hybridized carbons (Fsp3) is 0.200. The van der Waals surface area contributed by atoms with Crippen LogP contribution in [-0.4, -0.2) is 42.9 Å². The van der Waals surface area contributed by atoms with Gasteiger partial charge in [-0.3, -0.25) is 14.3 Å². The summed E-state index contributed by atoms with van der Waals surface area (Å²) in [6.07, 6.45) is 4.44. The van der Waals surface area contributed by atoms with Crippen molar-refractivity contribution in [2.75, 3.05) is 12.3 Å². The van der Waals surface area contributed by atoms with E-state index in [1.807, 2.05) is 41.3 Å². The maximum atomic E-state index is 13.0. The zero-order valence-electron chi connectivity index (χ0n) is 17.6. The van der Waals surface area contributed by atoms with Gasteiger partial charge in [-0.2, -0.15) is 0 Å². The number of thioether (sulfide) groups is 1. The lowest BCUT2D eigenvalue weighted by Gasteiger charge is -2.28. The molecule has 7 heteroatoms. The third-order valence-electron chi connectivity index (χ3n) is 5.63. The number of aromatic nitrogens is 4. The van der Waals surface area contributed by atoms with E-state index in [4.69, 9.17) is 0 Å². The molecule has 0 bridgehead atoms. The number of carbonyl (C=O) groups excluding carboxylic acids is 1. The molecule has 0 spiro atoms. The van der Waals surface area contributed by atoms with Crippen LogP contribution in [0, 0.1) is 0 Å². The molecule has 0 fully saturated rings. The van der Waals surface area contributed by atoms with E-state index < -0.39 is 0 Å². The molecule has 0 saturated heterocycles. The normalized spacial score (nSPS) is 13.1. The van der Waals surface area contributed by atoms with Gasteiger partial charge in [0.2, 0.25) is 5.91 Å². The number of carbonyl (C=O) groups is 1. The summed E-state index contributed by atoms with van der Waals surface area (Å²) >= 11 is 1.44. The zero-order valence-corrected chi connectivity index (χ0v) is 18.4. The van der Waals surface area contributed by atoms with Crippen molar-refractivity contribution in [2.45, 2.75) is 24.7 Å².